The third kappa shape index (κ3) is 5.85. The summed E-state index contributed by atoms with van der Waals surface area (Å²) >= 11 is 0. The van der Waals surface area contributed by atoms with Crippen LogP contribution in [0, 0.1) is 12.7 Å². The second-order valence-corrected chi connectivity index (χ2v) is 8.84. The zero-order chi connectivity index (χ0) is 21.6. The van der Waals surface area contributed by atoms with E-state index in [2.05, 4.69) is 5.32 Å². The smallest absolute Gasteiger partial charge is 0.279 e. The van der Waals surface area contributed by atoms with E-state index in [9.17, 15) is 17.6 Å². The molecule has 2 aromatic carbocycles. The summed E-state index contributed by atoms with van der Waals surface area (Å²) in [6.07, 6.45) is 0. The van der Waals surface area contributed by atoms with E-state index in [1.54, 1.807) is 43.3 Å². The molecule has 8 heteroatoms. The fourth-order valence-electron chi connectivity index (χ4n) is 2.96. The van der Waals surface area contributed by atoms with Crippen molar-refractivity contribution in [2.75, 3.05) is 25.0 Å². The number of rotatable bonds is 9. The maximum Gasteiger partial charge on any atom is 0.279 e. The van der Waals surface area contributed by atoms with E-state index in [4.69, 9.17) is 0 Å². The summed E-state index contributed by atoms with van der Waals surface area (Å²) in [6, 6.07) is 11.3. The van der Waals surface area contributed by atoms with Gasteiger partial charge in [0.05, 0.1) is 4.90 Å². The van der Waals surface area contributed by atoms with Crippen LogP contribution in [0.1, 0.15) is 37.9 Å². The number of benzene rings is 2. The van der Waals surface area contributed by atoms with Crippen molar-refractivity contribution in [3.8, 4) is 0 Å². The third-order valence-electron chi connectivity index (χ3n) is 4.86. The Kier molecular flexibility index (Phi) is 7.89. The molecule has 0 bridgehead atoms. The molecule has 0 unspecified atom stereocenters. The van der Waals surface area contributed by atoms with Crippen molar-refractivity contribution >= 4 is 21.6 Å². The standard InChI is InChI=1S/C21H28FN3O3S/c1-5-25(6-2)29(27,28)19-11-8-17(9-12-19)16(4)23-14-21(26)24-18-10-7-15(3)20(22)13-18/h7-13,16,23H,5-6,14H2,1-4H3,(H,24,26)/p+1/t16-/m0/s1. The third-order valence-corrected chi connectivity index (χ3v) is 6.93. The van der Waals surface area contributed by atoms with Crippen LogP contribution in [0.2, 0.25) is 0 Å². The average molecular weight is 423 g/mol. The highest BCUT2D eigenvalue weighted by Gasteiger charge is 2.22. The van der Waals surface area contributed by atoms with Crippen LogP contribution < -0.4 is 10.6 Å². The number of nitrogens with zero attached hydrogens (tertiary/aromatic N) is 1. The van der Waals surface area contributed by atoms with Crippen molar-refractivity contribution < 1.29 is 22.9 Å². The lowest BCUT2D eigenvalue weighted by atomic mass is 10.1. The van der Waals surface area contributed by atoms with E-state index < -0.39 is 10.0 Å². The predicted octanol–water partition coefficient (Wildman–Crippen LogP) is 2.43. The molecule has 0 heterocycles. The van der Waals surface area contributed by atoms with Gasteiger partial charge in [0.1, 0.15) is 11.9 Å². The zero-order valence-corrected chi connectivity index (χ0v) is 18.1. The van der Waals surface area contributed by atoms with Crippen LogP contribution >= 0.6 is 0 Å². The summed E-state index contributed by atoms with van der Waals surface area (Å²) in [7, 11) is -3.48. The van der Waals surface area contributed by atoms with E-state index in [1.165, 1.54) is 10.4 Å². The summed E-state index contributed by atoms with van der Waals surface area (Å²) in [5.74, 6) is -0.597. The number of carbonyl (C=O) groups is 1. The Morgan fingerprint density at radius 3 is 2.31 bits per heavy atom. The summed E-state index contributed by atoms with van der Waals surface area (Å²) in [4.78, 5) is 12.4. The number of nitrogens with one attached hydrogen (secondary N) is 1. The minimum atomic E-state index is -3.48. The van der Waals surface area contributed by atoms with Gasteiger partial charge in [0.15, 0.2) is 6.54 Å². The van der Waals surface area contributed by atoms with Gasteiger partial charge in [-0.1, -0.05) is 32.0 Å². The molecule has 0 saturated heterocycles. The van der Waals surface area contributed by atoms with Crippen molar-refractivity contribution in [1.82, 2.24) is 4.31 Å². The molecule has 2 rings (SSSR count). The number of sulfonamides is 1. The number of carbonyl (C=O) groups excluding carboxylic acids is 1. The van der Waals surface area contributed by atoms with Gasteiger partial charge in [0, 0.05) is 24.3 Å². The maximum atomic E-state index is 13.6. The molecule has 0 saturated carbocycles. The van der Waals surface area contributed by atoms with Crippen LogP contribution in [0.3, 0.4) is 0 Å². The number of aryl methyl sites for hydroxylation is 1. The monoisotopic (exact) mass is 422 g/mol. The first-order valence-corrected chi connectivity index (χ1v) is 11.1. The molecule has 2 aromatic rings. The summed E-state index contributed by atoms with van der Waals surface area (Å²) in [5, 5.41) is 4.52. The summed E-state index contributed by atoms with van der Waals surface area (Å²) in [6.45, 7) is 8.22. The van der Waals surface area contributed by atoms with Crippen LogP contribution in [-0.4, -0.2) is 38.3 Å². The van der Waals surface area contributed by atoms with Crippen LogP contribution in [0.4, 0.5) is 10.1 Å². The van der Waals surface area contributed by atoms with Gasteiger partial charge in [-0.3, -0.25) is 4.79 Å². The van der Waals surface area contributed by atoms with Crippen molar-refractivity contribution in [3.05, 3.63) is 59.4 Å². The van der Waals surface area contributed by atoms with Crippen molar-refractivity contribution in [2.45, 2.75) is 38.6 Å². The van der Waals surface area contributed by atoms with Gasteiger partial charge in [0.25, 0.3) is 5.91 Å². The largest absolute Gasteiger partial charge is 0.333 e. The second-order valence-electron chi connectivity index (χ2n) is 6.90. The minimum Gasteiger partial charge on any atom is -0.333 e. The Balaban J connectivity index is 1.96. The van der Waals surface area contributed by atoms with Crippen LogP contribution in [0.5, 0.6) is 0 Å². The van der Waals surface area contributed by atoms with Crippen molar-refractivity contribution in [3.63, 3.8) is 0 Å². The Morgan fingerprint density at radius 2 is 1.76 bits per heavy atom. The topological polar surface area (TPSA) is 83.1 Å². The molecule has 0 fully saturated rings. The Hall–Kier alpha value is -2.29. The lowest BCUT2D eigenvalue weighted by Gasteiger charge is -2.19. The number of halogens is 1. The highest BCUT2D eigenvalue weighted by Crippen LogP contribution is 2.18. The molecule has 0 aromatic heterocycles. The molecule has 29 heavy (non-hydrogen) atoms. The quantitative estimate of drug-likeness (QED) is 0.651. The van der Waals surface area contributed by atoms with E-state index in [1.807, 2.05) is 26.1 Å². The van der Waals surface area contributed by atoms with Crippen molar-refractivity contribution in [2.24, 2.45) is 0 Å². The lowest BCUT2D eigenvalue weighted by Crippen LogP contribution is -2.86. The first-order chi connectivity index (χ1) is 13.7. The molecular formula is C21H29FN3O3S+. The molecule has 3 N–H and O–H groups in total. The highest BCUT2D eigenvalue weighted by molar-refractivity contribution is 7.89. The molecule has 0 aliphatic carbocycles. The van der Waals surface area contributed by atoms with Gasteiger partial charge in [0.2, 0.25) is 10.0 Å². The number of hydrogen-bond acceptors (Lipinski definition) is 3. The van der Waals surface area contributed by atoms with Crippen molar-refractivity contribution in [1.29, 1.82) is 0 Å². The number of hydrogen-bond donors (Lipinski definition) is 2. The number of anilines is 1. The van der Waals surface area contributed by atoms with E-state index in [0.717, 1.165) is 5.56 Å². The lowest BCUT2D eigenvalue weighted by molar-refractivity contribution is -0.682. The summed E-state index contributed by atoms with van der Waals surface area (Å²) in [5.41, 5.74) is 1.86. The number of nitrogens with two attached hydrogens (primary N) is 1. The van der Waals surface area contributed by atoms with Gasteiger partial charge in [-0.25, -0.2) is 12.8 Å². The molecule has 0 spiro atoms. The fraction of sp³-hybridized carbons (Fsp3) is 0.381. The Morgan fingerprint density at radius 1 is 1.14 bits per heavy atom. The number of amides is 1. The fourth-order valence-corrected chi connectivity index (χ4v) is 4.42. The van der Waals surface area contributed by atoms with Crippen LogP contribution in [0.15, 0.2) is 47.4 Å². The normalized spacial score (nSPS) is 12.8. The molecule has 6 nitrogen and oxygen atoms in total. The van der Waals surface area contributed by atoms with Gasteiger partial charge < -0.3 is 10.6 Å². The average Bonchev–Trinajstić information content (AvgIpc) is 2.70. The van der Waals surface area contributed by atoms with E-state index >= 15 is 0 Å². The molecule has 0 aliphatic heterocycles. The molecule has 0 radical (unpaired) electrons. The van der Waals surface area contributed by atoms with Gasteiger partial charge in [-0.2, -0.15) is 4.31 Å². The Bertz CT molecular complexity index is 942. The zero-order valence-electron chi connectivity index (χ0n) is 17.3. The number of quaternary nitrogens is 1. The first-order valence-electron chi connectivity index (χ1n) is 9.68. The van der Waals surface area contributed by atoms with Gasteiger partial charge in [-0.05, 0) is 43.7 Å². The van der Waals surface area contributed by atoms with E-state index in [0.29, 0.717) is 24.3 Å². The maximum absolute atomic E-state index is 13.6. The molecule has 1 amide bonds. The van der Waals surface area contributed by atoms with Crippen LogP contribution in [0.25, 0.3) is 0 Å². The minimum absolute atomic E-state index is 0.0410. The molecule has 0 aliphatic rings. The molecule has 158 valence electrons. The molecule has 1 atom stereocenters. The molecular weight excluding hydrogens is 393 g/mol. The first kappa shape index (κ1) is 23.0. The second kappa shape index (κ2) is 9.96. The van der Waals surface area contributed by atoms with Gasteiger partial charge in [-0.15, -0.1) is 0 Å². The van der Waals surface area contributed by atoms with Crippen LogP contribution in [-0.2, 0) is 14.8 Å². The SMILES string of the molecule is CCN(CC)S(=O)(=O)c1ccc([C@H](C)[NH2+]CC(=O)Nc2ccc(C)c(F)c2)cc1. The predicted molar refractivity (Wildman–Crippen MR) is 112 cm³/mol. The highest BCUT2D eigenvalue weighted by atomic mass is 32.2. The van der Waals surface area contributed by atoms with E-state index in [-0.39, 0.29) is 29.2 Å². The Labute approximate surface area is 172 Å². The summed E-state index contributed by atoms with van der Waals surface area (Å²) < 4.78 is 40.1. The van der Waals surface area contributed by atoms with Gasteiger partial charge >= 0.3 is 0 Å².